The highest BCUT2D eigenvalue weighted by Crippen LogP contribution is 2.31. The molecule has 1 heterocycles. The fraction of sp³-hybridized carbons (Fsp3) is 0.286. The maximum atomic E-state index is 12.5. The van der Waals surface area contributed by atoms with Crippen LogP contribution in [0.1, 0.15) is 25.0 Å². The van der Waals surface area contributed by atoms with Gasteiger partial charge in [-0.25, -0.2) is 4.79 Å². The third kappa shape index (κ3) is 4.23. The van der Waals surface area contributed by atoms with Crippen LogP contribution in [-0.2, 0) is 11.2 Å². The summed E-state index contributed by atoms with van der Waals surface area (Å²) in [6.45, 7) is 4.69. The maximum Gasteiger partial charge on any atom is 0.321 e. The van der Waals surface area contributed by atoms with Crippen molar-refractivity contribution < 1.29 is 14.3 Å². The van der Waals surface area contributed by atoms with Crippen LogP contribution in [0.2, 0.25) is 0 Å². The molecular formula is C21H22N4O3. The molecule has 0 fully saturated rings. The fourth-order valence-electron chi connectivity index (χ4n) is 3.06. The first kappa shape index (κ1) is 19.2. The Hall–Kier alpha value is -3.53. The van der Waals surface area contributed by atoms with Crippen molar-refractivity contribution >= 4 is 23.3 Å². The van der Waals surface area contributed by atoms with E-state index in [0.717, 1.165) is 17.7 Å². The molecule has 2 N–H and O–H groups in total. The van der Waals surface area contributed by atoms with Crippen LogP contribution in [0.15, 0.2) is 42.5 Å². The summed E-state index contributed by atoms with van der Waals surface area (Å²) in [6, 6.07) is 14.1. The number of carbonyl (C=O) groups is 2. The van der Waals surface area contributed by atoms with Crippen molar-refractivity contribution in [3.8, 4) is 11.8 Å². The lowest BCUT2D eigenvalue weighted by atomic mass is 10.1. The van der Waals surface area contributed by atoms with Gasteiger partial charge in [0, 0.05) is 18.8 Å². The molecular weight excluding hydrogens is 356 g/mol. The number of nitriles is 1. The number of hydrogen-bond acceptors (Lipinski definition) is 4. The Kier molecular flexibility index (Phi) is 5.80. The zero-order valence-corrected chi connectivity index (χ0v) is 15.9. The molecule has 0 spiro atoms. The molecule has 2 aromatic carbocycles. The highest BCUT2D eigenvalue weighted by molar-refractivity contribution is 5.97. The van der Waals surface area contributed by atoms with E-state index in [1.54, 1.807) is 42.2 Å². The molecule has 1 unspecified atom stereocenters. The van der Waals surface area contributed by atoms with E-state index < -0.39 is 6.10 Å². The van der Waals surface area contributed by atoms with Gasteiger partial charge >= 0.3 is 6.03 Å². The maximum absolute atomic E-state index is 12.5. The van der Waals surface area contributed by atoms with Gasteiger partial charge in [-0.15, -0.1) is 0 Å². The summed E-state index contributed by atoms with van der Waals surface area (Å²) in [5.41, 5.74) is 2.94. The summed E-state index contributed by atoms with van der Waals surface area (Å²) in [6.07, 6.45) is 0.0387. The number of rotatable bonds is 5. The standard InChI is InChI=1S/C21H22N4O3/c1-3-23-21(27)25-10-9-16-7-8-17(12-19(16)25)24-20(26)14(2)28-18-6-4-5-15(11-18)13-22/h4-8,11-12,14H,3,9-10H2,1-2H3,(H,23,27)(H,24,26). The molecule has 144 valence electrons. The van der Waals surface area contributed by atoms with Gasteiger partial charge in [0.05, 0.1) is 17.3 Å². The molecule has 0 bridgehead atoms. The average Bonchev–Trinajstić information content (AvgIpc) is 3.11. The Morgan fingerprint density at radius 3 is 2.86 bits per heavy atom. The number of nitrogens with zero attached hydrogens (tertiary/aromatic N) is 2. The van der Waals surface area contributed by atoms with E-state index in [1.165, 1.54) is 0 Å². The fourth-order valence-corrected chi connectivity index (χ4v) is 3.06. The van der Waals surface area contributed by atoms with Gasteiger partial charge in [0.15, 0.2) is 6.10 Å². The van der Waals surface area contributed by atoms with Crippen molar-refractivity contribution in [2.24, 2.45) is 0 Å². The Bertz CT molecular complexity index is 935. The molecule has 28 heavy (non-hydrogen) atoms. The van der Waals surface area contributed by atoms with Crippen LogP contribution in [0, 0.1) is 11.3 Å². The number of benzene rings is 2. The summed E-state index contributed by atoms with van der Waals surface area (Å²) in [7, 11) is 0. The zero-order chi connectivity index (χ0) is 20.1. The second kappa shape index (κ2) is 8.44. The molecule has 3 amide bonds. The van der Waals surface area contributed by atoms with E-state index in [2.05, 4.69) is 10.6 Å². The van der Waals surface area contributed by atoms with Gasteiger partial charge in [0.1, 0.15) is 5.75 Å². The molecule has 1 aliphatic rings. The Balaban J connectivity index is 1.68. The van der Waals surface area contributed by atoms with Crippen LogP contribution in [0.4, 0.5) is 16.2 Å². The summed E-state index contributed by atoms with van der Waals surface area (Å²) in [4.78, 5) is 26.4. The zero-order valence-electron chi connectivity index (χ0n) is 15.9. The number of ether oxygens (including phenoxy) is 1. The van der Waals surface area contributed by atoms with Gasteiger partial charge in [-0.1, -0.05) is 12.1 Å². The average molecular weight is 378 g/mol. The Morgan fingerprint density at radius 2 is 2.11 bits per heavy atom. The van der Waals surface area contributed by atoms with Crippen molar-refractivity contribution in [3.05, 3.63) is 53.6 Å². The van der Waals surface area contributed by atoms with Crippen molar-refractivity contribution in [3.63, 3.8) is 0 Å². The minimum absolute atomic E-state index is 0.140. The van der Waals surface area contributed by atoms with E-state index in [4.69, 9.17) is 10.00 Å². The van der Waals surface area contributed by atoms with E-state index in [0.29, 0.717) is 30.1 Å². The van der Waals surface area contributed by atoms with Gasteiger partial charge in [0.25, 0.3) is 5.91 Å². The van der Waals surface area contributed by atoms with Crippen LogP contribution >= 0.6 is 0 Å². The molecule has 0 aliphatic carbocycles. The van der Waals surface area contributed by atoms with E-state index >= 15 is 0 Å². The van der Waals surface area contributed by atoms with E-state index in [1.807, 2.05) is 25.1 Å². The summed E-state index contributed by atoms with van der Waals surface area (Å²) >= 11 is 0. The first-order chi connectivity index (χ1) is 13.5. The molecule has 0 aromatic heterocycles. The quantitative estimate of drug-likeness (QED) is 0.836. The lowest BCUT2D eigenvalue weighted by molar-refractivity contribution is -0.122. The van der Waals surface area contributed by atoms with Gasteiger partial charge in [-0.3, -0.25) is 9.69 Å². The number of fused-ring (bicyclic) bond motifs is 1. The summed E-state index contributed by atoms with van der Waals surface area (Å²) < 4.78 is 5.64. The van der Waals surface area contributed by atoms with Gasteiger partial charge in [-0.05, 0) is 56.2 Å². The smallest absolute Gasteiger partial charge is 0.321 e. The summed E-state index contributed by atoms with van der Waals surface area (Å²) in [5.74, 6) is 0.142. The number of urea groups is 1. The first-order valence-electron chi connectivity index (χ1n) is 9.17. The Labute approximate surface area is 163 Å². The molecule has 7 nitrogen and oxygen atoms in total. The third-order valence-corrected chi connectivity index (χ3v) is 4.47. The SMILES string of the molecule is CCNC(=O)N1CCc2ccc(NC(=O)C(C)Oc3cccc(C#N)c3)cc21. The lowest BCUT2D eigenvalue weighted by Gasteiger charge is -2.19. The lowest BCUT2D eigenvalue weighted by Crippen LogP contribution is -2.38. The highest BCUT2D eigenvalue weighted by atomic mass is 16.5. The van der Waals surface area contributed by atoms with Crippen LogP contribution in [-0.4, -0.2) is 31.1 Å². The topological polar surface area (TPSA) is 94.5 Å². The summed E-state index contributed by atoms with van der Waals surface area (Å²) in [5, 5.41) is 14.6. The monoisotopic (exact) mass is 378 g/mol. The van der Waals surface area contributed by atoms with Crippen LogP contribution < -0.4 is 20.3 Å². The molecule has 2 aromatic rings. The second-order valence-corrected chi connectivity index (χ2v) is 6.47. The highest BCUT2D eigenvalue weighted by Gasteiger charge is 2.25. The largest absolute Gasteiger partial charge is 0.481 e. The normalized spacial score (nSPS) is 13.2. The molecule has 0 radical (unpaired) electrons. The van der Waals surface area contributed by atoms with Crippen LogP contribution in [0.3, 0.4) is 0 Å². The van der Waals surface area contributed by atoms with Gasteiger partial charge < -0.3 is 15.4 Å². The van der Waals surface area contributed by atoms with Gasteiger partial charge in [-0.2, -0.15) is 5.26 Å². The second-order valence-electron chi connectivity index (χ2n) is 6.47. The van der Waals surface area contributed by atoms with Crippen molar-refractivity contribution in [2.75, 3.05) is 23.3 Å². The van der Waals surface area contributed by atoms with Crippen molar-refractivity contribution in [1.29, 1.82) is 5.26 Å². The predicted octanol–water partition coefficient (Wildman–Crippen LogP) is 3.06. The van der Waals surface area contributed by atoms with Crippen molar-refractivity contribution in [1.82, 2.24) is 5.32 Å². The van der Waals surface area contributed by atoms with E-state index in [-0.39, 0.29) is 11.9 Å². The van der Waals surface area contributed by atoms with E-state index in [9.17, 15) is 9.59 Å². The van der Waals surface area contributed by atoms with Crippen LogP contribution in [0.25, 0.3) is 0 Å². The molecule has 0 saturated heterocycles. The molecule has 0 saturated carbocycles. The minimum atomic E-state index is -0.748. The minimum Gasteiger partial charge on any atom is -0.481 e. The molecule has 1 aliphatic heterocycles. The number of hydrogen-bond donors (Lipinski definition) is 2. The van der Waals surface area contributed by atoms with Gasteiger partial charge in [0.2, 0.25) is 0 Å². The molecule has 1 atom stereocenters. The number of amides is 3. The number of carbonyl (C=O) groups excluding carboxylic acids is 2. The number of nitrogens with one attached hydrogen (secondary N) is 2. The molecule has 3 rings (SSSR count). The first-order valence-corrected chi connectivity index (χ1v) is 9.17. The number of anilines is 2. The Morgan fingerprint density at radius 1 is 1.29 bits per heavy atom. The predicted molar refractivity (Wildman–Crippen MR) is 106 cm³/mol. The van der Waals surface area contributed by atoms with Crippen molar-refractivity contribution in [2.45, 2.75) is 26.4 Å². The van der Waals surface area contributed by atoms with Crippen LogP contribution in [0.5, 0.6) is 5.75 Å². The molecule has 7 heteroatoms. The third-order valence-electron chi connectivity index (χ3n) is 4.47.